The molecule has 0 aromatic carbocycles. The van der Waals surface area contributed by atoms with E-state index in [4.69, 9.17) is 14.2 Å². The molecule has 1 atom stereocenters. The van der Waals surface area contributed by atoms with Crippen LogP contribution in [0, 0.1) is 0 Å². The van der Waals surface area contributed by atoms with Gasteiger partial charge in [-0.05, 0) is 128 Å². The van der Waals surface area contributed by atoms with E-state index >= 15 is 0 Å². The van der Waals surface area contributed by atoms with Crippen molar-refractivity contribution in [3.8, 4) is 0 Å². The smallest absolute Gasteiger partial charge is 0.306 e. The Kier molecular flexibility index (Phi) is 50.6. The van der Waals surface area contributed by atoms with E-state index in [1.165, 1.54) is 44.9 Å². The molecule has 0 N–H and O–H groups in total. The Hall–Kier alpha value is -4.45. The molecule has 0 aliphatic rings. The second kappa shape index (κ2) is 54.2. The van der Waals surface area contributed by atoms with Gasteiger partial charge in [0.15, 0.2) is 6.10 Å². The fraction of sp³-hybridized carbons (Fsp3) is 0.590. The molecular formula is C61H96O6. The molecule has 0 saturated heterocycles. The number of unbranched alkanes of at least 4 members (excludes halogenated alkanes) is 13. The molecule has 0 saturated carbocycles. The Labute approximate surface area is 411 Å². The quantitative estimate of drug-likeness (QED) is 0.0262. The fourth-order valence-corrected chi connectivity index (χ4v) is 6.67. The second-order valence-corrected chi connectivity index (χ2v) is 17.0. The highest BCUT2D eigenvalue weighted by Crippen LogP contribution is 2.13. The molecular weight excluding hydrogens is 829 g/mol. The zero-order valence-corrected chi connectivity index (χ0v) is 42.9. The van der Waals surface area contributed by atoms with Crippen LogP contribution in [0.4, 0.5) is 0 Å². The first-order valence-electron chi connectivity index (χ1n) is 26.7. The van der Waals surface area contributed by atoms with Crippen molar-refractivity contribution in [1.29, 1.82) is 0 Å². The number of hydrogen-bond donors (Lipinski definition) is 0. The molecule has 6 nitrogen and oxygen atoms in total. The highest BCUT2D eigenvalue weighted by molar-refractivity contribution is 5.71. The van der Waals surface area contributed by atoms with Gasteiger partial charge in [-0.15, -0.1) is 0 Å². The molecule has 0 aromatic rings. The monoisotopic (exact) mass is 925 g/mol. The molecule has 0 aliphatic heterocycles. The van der Waals surface area contributed by atoms with Crippen molar-refractivity contribution >= 4 is 17.9 Å². The minimum atomic E-state index is -0.827. The maximum atomic E-state index is 12.8. The van der Waals surface area contributed by atoms with Crippen molar-refractivity contribution in [2.45, 2.75) is 219 Å². The van der Waals surface area contributed by atoms with Crippen LogP contribution in [0.15, 0.2) is 134 Å². The van der Waals surface area contributed by atoms with Gasteiger partial charge in [0.05, 0.1) is 0 Å². The highest BCUT2D eigenvalue weighted by atomic mass is 16.6. The van der Waals surface area contributed by atoms with Crippen LogP contribution in [0.5, 0.6) is 0 Å². The van der Waals surface area contributed by atoms with Crippen LogP contribution in [0.1, 0.15) is 213 Å². The first-order valence-corrected chi connectivity index (χ1v) is 26.7. The van der Waals surface area contributed by atoms with E-state index in [1.54, 1.807) is 0 Å². The van der Waals surface area contributed by atoms with Crippen LogP contribution in [0.3, 0.4) is 0 Å². The predicted molar refractivity (Wildman–Crippen MR) is 288 cm³/mol. The van der Waals surface area contributed by atoms with Crippen molar-refractivity contribution in [3.05, 3.63) is 134 Å². The number of carbonyl (C=O) groups excluding carboxylic acids is 3. The van der Waals surface area contributed by atoms with Gasteiger partial charge in [0.2, 0.25) is 0 Å². The Morgan fingerprint density at radius 1 is 0.313 bits per heavy atom. The lowest BCUT2D eigenvalue weighted by molar-refractivity contribution is -0.167. The summed E-state index contributed by atoms with van der Waals surface area (Å²) >= 11 is 0. The number of esters is 3. The van der Waals surface area contributed by atoms with Crippen LogP contribution < -0.4 is 0 Å². The number of rotatable bonds is 46. The maximum Gasteiger partial charge on any atom is 0.306 e. The van der Waals surface area contributed by atoms with Gasteiger partial charge in [-0.1, -0.05) is 199 Å². The van der Waals surface area contributed by atoms with Crippen molar-refractivity contribution in [2.75, 3.05) is 13.2 Å². The van der Waals surface area contributed by atoms with Crippen LogP contribution in [0.2, 0.25) is 0 Å². The molecule has 0 spiro atoms. The molecule has 0 rings (SSSR count). The number of allylic oxidation sites excluding steroid dienone is 22. The molecule has 376 valence electrons. The summed E-state index contributed by atoms with van der Waals surface area (Å²) in [7, 11) is 0. The maximum absolute atomic E-state index is 12.8. The Bertz CT molecular complexity index is 1480. The summed E-state index contributed by atoms with van der Waals surface area (Å²) in [5, 5.41) is 0. The van der Waals surface area contributed by atoms with Gasteiger partial charge in [-0.3, -0.25) is 14.4 Å². The van der Waals surface area contributed by atoms with E-state index < -0.39 is 6.10 Å². The second-order valence-electron chi connectivity index (χ2n) is 17.0. The SMILES string of the molecule is CC/C=C\C/C=C\C/C=C\C/C=C\C/C=C\CCCC(=O)OC[C@@H](COC(=O)CCCC/C=C\C/C=C\C/C=C\C/C=C\CC)OC(=O)CCCCCCCCC/C=C\C/C=C\CCCCC. The Balaban J connectivity index is 4.58. The molecule has 0 amide bonds. The lowest BCUT2D eigenvalue weighted by Crippen LogP contribution is -2.30. The minimum Gasteiger partial charge on any atom is -0.462 e. The van der Waals surface area contributed by atoms with Crippen LogP contribution in [0.25, 0.3) is 0 Å². The van der Waals surface area contributed by atoms with E-state index in [0.29, 0.717) is 19.3 Å². The van der Waals surface area contributed by atoms with Gasteiger partial charge in [0.1, 0.15) is 13.2 Å². The van der Waals surface area contributed by atoms with Crippen molar-refractivity contribution in [1.82, 2.24) is 0 Å². The van der Waals surface area contributed by atoms with Crippen molar-refractivity contribution in [3.63, 3.8) is 0 Å². The molecule has 0 unspecified atom stereocenters. The van der Waals surface area contributed by atoms with Gasteiger partial charge in [0, 0.05) is 19.3 Å². The first kappa shape index (κ1) is 62.5. The van der Waals surface area contributed by atoms with E-state index in [-0.39, 0.29) is 44.0 Å². The average molecular weight is 925 g/mol. The molecule has 0 aliphatic carbocycles. The third-order valence-electron chi connectivity index (χ3n) is 10.6. The number of ether oxygens (including phenoxy) is 3. The zero-order valence-electron chi connectivity index (χ0n) is 42.9. The third-order valence-corrected chi connectivity index (χ3v) is 10.6. The summed E-state index contributed by atoms with van der Waals surface area (Å²) in [6.07, 6.45) is 75.8. The van der Waals surface area contributed by atoms with Crippen molar-refractivity contribution < 1.29 is 28.6 Å². The molecule has 0 radical (unpaired) electrons. The van der Waals surface area contributed by atoms with Crippen LogP contribution >= 0.6 is 0 Å². The van der Waals surface area contributed by atoms with Gasteiger partial charge in [-0.2, -0.15) is 0 Å². The normalized spacial score (nSPS) is 13.2. The van der Waals surface area contributed by atoms with Gasteiger partial charge >= 0.3 is 17.9 Å². The summed E-state index contributed by atoms with van der Waals surface area (Å²) in [6, 6.07) is 0. The third kappa shape index (κ3) is 52.4. The number of carbonyl (C=O) groups is 3. The van der Waals surface area contributed by atoms with Crippen LogP contribution in [-0.2, 0) is 28.6 Å². The molecule has 0 aromatic heterocycles. The standard InChI is InChI=1S/C61H96O6/c1-4-7-10-13-16-19-22-25-28-30-33-36-39-42-45-48-51-54-60(63)66-57-58(56-65-59(62)53-50-47-44-41-38-35-32-27-24-21-18-15-12-9-6-3)67-61(64)55-52-49-46-43-40-37-34-31-29-26-23-20-17-14-11-8-5-2/h7,9-10,12,16-21,25-29,32-33,36,38,41-42,45,58H,4-6,8,11,13-15,22-24,30-31,34-35,37,39-40,43-44,46-57H2,1-3H3/b10-7-,12-9-,19-16-,20-17-,21-18-,28-25-,29-26-,32-27-,36-33-,41-38-,45-42-/t58-/m1/s1. The topological polar surface area (TPSA) is 78.9 Å². The van der Waals surface area contributed by atoms with Crippen LogP contribution in [-0.4, -0.2) is 37.2 Å². The molecule has 0 fully saturated rings. The van der Waals surface area contributed by atoms with Crippen molar-refractivity contribution in [2.24, 2.45) is 0 Å². The largest absolute Gasteiger partial charge is 0.462 e. The molecule has 0 heterocycles. The Morgan fingerprint density at radius 3 is 1.00 bits per heavy atom. The van der Waals surface area contributed by atoms with E-state index in [1.807, 2.05) is 0 Å². The van der Waals surface area contributed by atoms with Gasteiger partial charge < -0.3 is 14.2 Å². The highest BCUT2D eigenvalue weighted by Gasteiger charge is 2.19. The first-order chi connectivity index (χ1) is 33.0. The fourth-order valence-electron chi connectivity index (χ4n) is 6.67. The van der Waals surface area contributed by atoms with E-state index in [0.717, 1.165) is 116 Å². The van der Waals surface area contributed by atoms with E-state index in [2.05, 4.69) is 154 Å². The summed E-state index contributed by atoms with van der Waals surface area (Å²) < 4.78 is 16.7. The zero-order chi connectivity index (χ0) is 48.6. The minimum absolute atomic E-state index is 0.125. The lowest BCUT2D eigenvalue weighted by Gasteiger charge is -2.18. The average Bonchev–Trinajstić information content (AvgIpc) is 3.33. The predicted octanol–water partition coefficient (Wildman–Crippen LogP) is 17.9. The molecule has 6 heteroatoms. The Morgan fingerprint density at radius 2 is 0.597 bits per heavy atom. The summed E-state index contributed by atoms with van der Waals surface area (Å²) in [5.74, 6) is -1.04. The van der Waals surface area contributed by atoms with Gasteiger partial charge in [-0.25, -0.2) is 0 Å². The summed E-state index contributed by atoms with van der Waals surface area (Å²) in [4.78, 5) is 38.0. The molecule has 0 bridgehead atoms. The summed E-state index contributed by atoms with van der Waals surface area (Å²) in [6.45, 7) is 6.27. The molecule has 67 heavy (non-hydrogen) atoms. The van der Waals surface area contributed by atoms with E-state index in [9.17, 15) is 14.4 Å². The summed E-state index contributed by atoms with van der Waals surface area (Å²) in [5.41, 5.74) is 0. The van der Waals surface area contributed by atoms with Gasteiger partial charge in [0.25, 0.3) is 0 Å². The number of hydrogen-bond acceptors (Lipinski definition) is 6. The lowest BCUT2D eigenvalue weighted by atomic mass is 10.1.